The van der Waals surface area contributed by atoms with Crippen molar-refractivity contribution in [1.29, 1.82) is 0 Å². The molecule has 154 valence electrons. The highest BCUT2D eigenvalue weighted by atomic mass is 16.1. The van der Waals surface area contributed by atoms with Gasteiger partial charge in [-0.3, -0.25) is 19.8 Å². The smallest absolute Gasteiger partial charge is 0.274 e. The average molecular weight is 402 g/mol. The minimum Gasteiger partial charge on any atom is -0.321 e. The number of hydrogen-bond donors (Lipinski definition) is 1. The van der Waals surface area contributed by atoms with Gasteiger partial charge in [-0.2, -0.15) is 0 Å². The van der Waals surface area contributed by atoms with E-state index in [2.05, 4.69) is 37.3 Å². The lowest BCUT2D eigenvalue weighted by Gasteiger charge is -2.14. The molecule has 0 aliphatic rings. The van der Waals surface area contributed by atoms with Crippen LogP contribution in [0.5, 0.6) is 0 Å². The van der Waals surface area contributed by atoms with Gasteiger partial charge in [-0.15, -0.1) is 0 Å². The molecule has 3 aromatic rings. The zero-order valence-electron chi connectivity index (χ0n) is 17.9. The van der Waals surface area contributed by atoms with E-state index in [1.165, 1.54) is 0 Å². The molecule has 6 nitrogen and oxygen atoms in total. The lowest BCUT2D eigenvalue weighted by atomic mass is 9.96. The van der Waals surface area contributed by atoms with Crippen LogP contribution < -0.4 is 5.32 Å². The zero-order valence-corrected chi connectivity index (χ0v) is 17.9. The Morgan fingerprint density at radius 3 is 2.50 bits per heavy atom. The van der Waals surface area contributed by atoms with Gasteiger partial charge in [0.25, 0.3) is 5.91 Å². The largest absolute Gasteiger partial charge is 0.321 e. The number of nitrogens with zero attached hydrogens (tertiary/aromatic N) is 4. The van der Waals surface area contributed by atoms with Crippen molar-refractivity contribution in [2.45, 2.75) is 20.4 Å². The molecular formula is C24H27N5O. The molecule has 1 aromatic carbocycles. The number of aliphatic imine (C=N–C) groups is 1. The minimum absolute atomic E-state index is 0.234. The SMILES string of the molecule is CCN=C(C(=O)Nc1ccncc1)c1cc(-c2cncc(CN(C)C)c2)ccc1C. The Morgan fingerprint density at radius 1 is 1.03 bits per heavy atom. The molecule has 0 spiro atoms. The summed E-state index contributed by atoms with van der Waals surface area (Å²) >= 11 is 0. The molecule has 0 atom stereocenters. The first-order valence-corrected chi connectivity index (χ1v) is 9.93. The maximum atomic E-state index is 13.0. The van der Waals surface area contributed by atoms with Crippen LogP contribution in [0, 0.1) is 6.92 Å². The summed E-state index contributed by atoms with van der Waals surface area (Å²) in [6.07, 6.45) is 7.02. The van der Waals surface area contributed by atoms with Crippen LogP contribution in [-0.2, 0) is 11.3 Å². The number of benzene rings is 1. The first-order chi connectivity index (χ1) is 14.5. The number of nitrogens with one attached hydrogen (secondary N) is 1. The molecule has 2 aromatic heterocycles. The van der Waals surface area contributed by atoms with Gasteiger partial charge in [-0.05, 0) is 68.9 Å². The fourth-order valence-corrected chi connectivity index (χ4v) is 3.22. The number of pyridine rings is 2. The Labute approximate surface area is 177 Å². The van der Waals surface area contributed by atoms with Gasteiger partial charge in [0.15, 0.2) is 0 Å². The van der Waals surface area contributed by atoms with E-state index in [1.807, 2.05) is 52.5 Å². The molecule has 3 rings (SSSR count). The molecule has 0 aliphatic heterocycles. The number of amides is 1. The third-order valence-electron chi connectivity index (χ3n) is 4.59. The van der Waals surface area contributed by atoms with Crippen LogP contribution in [0.4, 0.5) is 5.69 Å². The fourth-order valence-electron chi connectivity index (χ4n) is 3.22. The Hall–Kier alpha value is -3.38. The van der Waals surface area contributed by atoms with E-state index in [0.29, 0.717) is 17.9 Å². The fraction of sp³-hybridized carbons (Fsp3) is 0.250. The molecule has 0 radical (unpaired) electrons. The van der Waals surface area contributed by atoms with Gasteiger partial charge in [0, 0.05) is 54.7 Å². The molecule has 2 heterocycles. The van der Waals surface area contributed by atoms with Crippen molar-refractivity contribution in [3.8, 4) is 11.1 Å². The van der Waals surface area contributed by atoms with E-state index in [9.17, 15) is 4.79 Å². The van der Waals surface area contributed by atoms with E-state index in [1.54, 1.807) is 24.5 Å². The van der Waals surface area contributed by atoms with Gasteiger partial charge in [-0.1, -0.05) is 12.1 Å². The molecule has 0 aliphatic carbocycles. The van der Waals surface area contributed by atoms with Crippen LogP contribution in [0.25, 0.3) is 11.1 Å². The second-order valence-corrected chi connectivity index (χ2v) is 7.36. The third kappa shape index (κ3) is 5.36. The van der Waals surface area contributed by atoms with Crippen LogP contribution in [0.2, 0.25) is 0 Å². The quantitative estimate of drug-likeness (QED) is 0.609. The van der Waals surface area contributed by atoms with Crippen molar-refractivity contribution < 1.29 is 4.79 Å². The number of aromatic nitrogens is 2. The van der Waals surface area contributed by atoms with E-state index in [0.717, 1.165) is 34.4 Å². The zero-order chi connectivity index (χ0) is 21.5. The highest BCUT2D eigenvalue weighted by molar-refractivity contribution is 6.49. The maximum Gasteiger partial charge on any atom is 0.274 e. The van der Waals surface area contributed by atoms with Crippen molar-refractivity contribution in [2.75, 3.05) is 26.0 Å². The molecule has 6 heteroatoms. The van der Waals surface area contributed by atoms with Crippen molar-refractivity contribution in [2.24, 2.45) is 4.99 Å². The number of rotatable bonds is 7. The highest BCUT2D eigenvalue weighted by Gasteiger charge is 2.17. The molecule has 30 heavy (non-hydrogen) atoms. The van der Waals surface area contributed by atoms with Crippen molar-refractivity contribution in [3.05, 3.63) is 77.9 Å². The van der Waals surface area contributed by atoms with Crippen LogP contribution in [0.15, 0.2) is 66.2 Å². The molecule has 0 saturated heterocycles. The predicted octanol–water partition coefficient (Wildman–Crippen LogP) is 3.96. The van der Waals surface area contributed by atoms with Crippen LogP contribution in [0.3, 0.4) is 0 Å². The predicted molar refractivity (Wildman–Crippen MR) is 122 cm³/mol. The van der Waals surface area contributed by atoms with E-state index >= 15 is 0 Å². The Morgan fingerprint density at radius 2 is 1.80 bits per heavy atom. The minimum atomic E-state index is -0.234. The monoisotopic (exact) mass is 401 g/mol. The van der Waals surface area contributed by atoms with Gasteiger partial charge in [0.2, 0.25) is 0 Å². The maximum absolute atomic E-state index is 13.0. The summed E-state index contributed by atoms with van der Waals surface area (Å²) in [5.74, 6) is -0.234. The summed E-state index contributed by atoms with van der Waals surface area (Å²) in [4.78, 5) is 28.0. The number of carbonyl (C=O) groups is 1. The van der Waals surface area contributed by atoms with Gasteiger partial charge >= 0.3 is 0 Å². The third-order valence-corrected chi connectivity index (χ3v) is 4.59. The molecule has 0 fully saturated rings. The number of hydrogen-bond acceptors (Lipinski definition) is 5. The molecule has 0 bridgehead atoms. The normalized spacial score (nSPS) is 11.6. The topological polar surface area (TPSA) is 70.5 Å². The summed E-state index contributed by atoms with van der Waals surface area (Å²) in [5, 5.41) is 2.91. The van der Waals surface area contributed by atoms with Crippen LogP contribution in [0.1, 0.15) is 23.6 Å². The number of anilines is 1. The summed E-state index contributed by atoms with van der Waals surface area (Å²) in [7, 11) is 4.07. The van der Waals surface area contributed by atoms with Crippen molar-refractivity contribution in [1.82, 2.24) is 14.9 Å². The van der Waals surface area contributed by atoms with Crippen LogP contribution in [-0.4, -0.2) is 47.1 Å². The van der Waals surface area contributed by atoms with Crippen LogP contribution >= 0.6 is 0 Å². The summed E-state index contributed by atoms with van der Waals surface area (Å²) < 4.78 is 0. The van der Waals surface area contributed by atoms with Gasteiger partial charge in [0.1, 0.15) is 5.71 Å². The number of carbonyl (C=O) groups excluding carboxylic acids is 1. The molecule has 1 amide bonds. The summed E-state index contributed by atoms with van der Waals surface area (Å²) in [6.45, 7) is 5.25. The number of aryl methyl sites for hydroxylation is 1. The van der Waals surface area contributed by atoms with E-state index in [4.69, 9.17) is 0 Å². The lowest BCUT2D eigenvalue weighted by Crippen LogP contribution is -2.25. The Kier molecular flexibility index (Phi) is 7.03. The average Bonchev–Trinajstić information content (AvgIpc) is 2.73. The molecule has 0 saturated carbocycles. The first-order valence-electron chi connectivity index (χ1n) is 9.93. The van der Waals surface area contributed by atoms with Gasteiger partial charge in [0.05, 0.1) is 0 Å². The first kappa shape index (κ1) is 21.3. The Bertz CT molecular complexity index is 1040. The molecular weight excluding hydrogens is 374 g/mol. The van der Waals surface area contributed by atoms with Crippen molar-refractivity contribution >= 4 is 17.3 Å². The summed E-state index contributed by atoms with van der Waals surface area (Å²) in [6, 6.07) is 11.7. The highest BCUT2D eigenvalue weighted by Crippen LogP contribution is 2.24. The van der Waals surface area contributed by atoms with Gasteiger partial charge < -0.3 is 10.2 Å². The molecule has 1 N–H and O–H groups in total. The second kappa shape index (κ2) is 9.89. The van der Waals surface area contributed by atoms with Gasteiger partial charge in [-0.25, -0.2) is 0 Å². The molecule has 0 unspecified atom stereocenters. The van der Waals surface area contributed by atoms with Crippen molar-refractivity contribution in [3.63, 3.8) is 0 Å². The summed E-state index contributed by atoms with van der Waals surface area (Å²) in [5.41, 5.74) is 6.08. The van der Waals surface area contributed by atoms with E-state index < -0.39 is 0 Å². The van der Waals surface area contributed by atoms with E-state index in [-0.39, 0.29) is 5.91 Å². The Balaban J connectivity index is 1.96. The lowest BCUT2D eigenvalue weighted by molar-refractivity contribution is -0.110. The standard InChI is InChI=1S/C24H27N5O/c1-5-27-23(24(30)28-21-8-10-25-11-9-21)22-13-19(7-6-17(22)2)20-12-18(14-26-15-20)16-29(3)4/h6-15H,5,16H2,1-4H3,(H,25,28,30). The second-order valence-electron chi connectivity index (χ2n) is 7.36.